The Balaban J connectivity index is 0.00000392. The van der Waals surface area contributed by atoms with Crippen LogP contribution in [0, 0.1) is 0 Å². The molecule has 0 aliphatic heterocycles. The van der Waals surface area contributed by atoms with Gasteiger partial charge in [0.05, 0.1) is 11.5 Å². The smallest absolute Gasteiger partial charge is 0.240 e. The van der Waals surface area contributed by atoms with Crippen LogP contribution in [-0.4, -0.2) is 46.7 Å². The zero-order valence-electron chi connectivity index (χ0n) is 15.9. The fourth-order valence-electron chi connectivity index (χ4n) is 2.54. The summed E-state index contributed by atoms with van der Waals surface area (Å²) in [6, 6.07) is 16.5. The minimum Gasteiger partial charge on any atom is -0.396 e. The maximum absolute atomic E-state index is 11.7. The van der Waals surface area contributed by atoms with Gasteiger partial charge in [-0.25, -0.2) is 13.1 Å². The first-order valence-electron chi connectivity index (χ1n) is 8.63. The fraction of sp³-hybridized carbons (Fsp3) is 0.316. The van der Waals surface area contributed by atoms with Gasteiger partial charge in [0.15, 0.2) is 5.96 Å². The molecule has 9 heteroatoms. The lowest BCUT2D eigenvalue weighted by atomic mass is 10.0. The SMILES string of the molecule is CN=C(NCc1ccc(S(=O)(=O)NC)cc1)NCC(CO)c1ccccc1.I. The molecule has 28 heavy (non-hydrogen) atoms. The number of rotatable bonds is 8. The molecule has 0 bridgehead atoms. The summed E-state index contributed by atoms with van der Waals surface area (Å²) in [6.07, 6.45) is 0. The highest BCUT2D eigenvalue weighted by Gasteiger charge is 2.12. The second-order valence-electron chi connectivity index (χ2n) is 5.95. The molecule has 0 radical (unpaired) electrons. The monoisotopic (exact) mass is 518 g/mol. The molecule has 1 unspecified atom stereocenters. The van der Waals surface area contributed by atoms with Crippen LogP contribution in [0.15, 0.2) is 64.5 Å². The third-order valence-corrected chi connectivity index (χ3v) is 5.62. The van der Waals surface area contributed by atoms with E-state index in [-0.39, 0.29) is 41.4 Å². The van der Waals surface area contributed by atoms with Crippen LogP contribution in [0.2, 0.25) is 0 Å². The Bertz CT molecular complexity index is 843. The van der Waals surface area contributed by atoms with Crippen LogP contribution in [0.1, 0.15) is 17.0 Å². The molecule has 7 nitrogen and oxygen atoms in total. The predicted molar refractivity (Wildman–Crippen MR) is 123 cm³/mol. The van der Waals surface area contributed by atoms with Crippen LogP contribution in [-0.2, 0) is 16.6 Å². The summed E-state index contributed by atoms with van der Waals surface area (Å²) >= 11 is 0. The van der Waals surface area contributed by atoms with Gasteiger partial charge >= 0.3 is 0 Å². The van der Waals surface area contributed by atoms with Gasteiger partial charge in [0.1, 0.15) is 0 Å². The molecular formula is C19H27IN4O3S. The van der Waals surface area contributed by atoms with E-state index in [1.165, 1.54) is 7.05 Å². The molecule has 0 spiro atoms. The van der Waals surface area contributed by atoms with Crippen molar-refractivity contribution in [3.63, 3.8) is 0 Å². The maximum atomic E-state index is 11.7. The summed E-state index contributed by atoms with van der Waals surface area (Å²) in [5.41, 5.74) is 1.99. The van der Waals surface area contributed by atoms with Crippen LogP contribution >= 0.6 is 24.0 Å². The summed E-state index contributed by atoms with van der Waals surface area (Å²) in [4.78, 5) is 4.41. The topological polar surface area (TPSA) is 103 Å². The first kappa shape index (κ1) is 24.3. The second kappa shape index (κ2) is 12.0. The summed E-state index contributed by atoms with van der Waals surface area (Å²) in [7, 11) is -0.369. The van der Waals surface area contributed by atoms with Crippen molar-refractivity contribution >= 4 is 40.0 Å². The number of nitrogens with one attached hydrogen (secondary N) is 3. The highest BCUT2D eigenvalue weighted by Crippen LogP contribution is 2.13. The first-order valence-corrected chi connectivity index (χ1v) is 10.1. The number of aliphatic hydroxyl groups is 1. The van der Waals surface area contributed by atoms with Crippen LogP contribution in [0.25, 0.3) is 0 Å². The van der Waals surface area contributed by atoms with Gasteiger partial charge < -0.3 is 15.7 Å². The molecule has 0 fully saturated rings. The lowest BCUT2D eigenvalue weighted by Crippen LogP contribution is -2.39. The molecule has 0 aromatic heterocycles. The number of aliphatic imine (C=N–C) groups is 1. The number of guanidine groups is 1. The molecule has 0 amide bonds. The molecule has 0 saturated heterocycles. The van der Waals surface area contributed by atoms with Gasteiger partial charge in [-0.3, -0.25) is 4.99 Å². The van der Waals surface area contributed by atoms with Crippen molar-refractivity contribution < 1.29 is 13.5 Å². The molecule has 0 heterocycles. The lowest BCUT2D eigenvalue weighted by Gasteiger charge is -2.18. The molecule has 4 N–H and O–H groups in total. The van der Waals surface area contributed by atoms with E-state index in [9.17, 15) is 13.5 Å². The van der Waals surface area contributed by atoms with Gasteiger partial charge in [0.25, 0.3) is 0 Å². The highest BCUT2D eigenvalue weighted by atomic mass is 127. The summed E-state index contributed by atoms with van der Waals surface area (Å²) < 4.78 is 25.8. The van der Waals surface area contributed by atoms with Crippen molar-refractivity contribution in [1.29, 1.82) is 0 Å². The number of hydrogen-bond acceptors (Lipinski definition) is 4. The van der Waals surface area contributed by atoms with Gasteiger partial charge in [-0.05, 0) is 30.3 Å². The van der Waals surface area contributed by atoms with Crippen LogP contribution in [0.3, 0.4) is 0 Å². The Labute approximate surface area is 183 Å². The molecular weight excluding hydrogens is 491 g/mol. The average molecular weight is 518 g/mol. The minimum absolute atomic E-state index is 0. The number of hydrogen-bond donors (Lipinski definition) is 4. The maximum Gasteiger partial charge on any atom is 0.240 e. The van der Waals surface area contributed by atoms with Crippen LogP contribution in [0.5, 0.6) is 0 Å². The van der Waals surface area contributed by atoms with Crippen LogP contribution in [0.4, 0.5) is 0 Å². The third-order valence-electron chi connectivity index (χ3n) is 4.19. The van der Waals surface area contributed by atoms with E-state index in [1.807, 2.05) is 30.3 Å². The van der Waals surface area contributed by atoms with Gasteiger partial charge in [0, 0.05) is 26.1 Å². The van der Waals surface area contributed by atoms with Crippen molar-refractivity contribution in [2.45, 2.75) is 17.4 Å². The fourth-order valence-corrected chi connectivity index (χ4v) is 3.27. The first-order chi connectivity index (χ1) is 13.0. The van der Waals surface area contributed by atoms with Gasteiger partial charge in [-0.1, -0.05) is 42.5 Å². The van der Waals surface area contributed by atoms with Gasteiger partial charge in [-0.15, -0.1) is 24.0 Å². The van der Waals surface area contributed by atoms with Crippen molar-refractivity contribution in [3.8, 4) is 0 Å². The third kappa shape index (κ3) is 7.04. The van der Waals surface area contributed by atoms with E-state index in [1.54, 1.807) is 31.3 Å². The summed E-state index contributed by atoms with van der Waals surface area (Å²) in [6.45, 7) is 1.07. The van der Waals surface area contributed by atoms with Crippen molar-refractivity contribution in [1.82, 2.24) is 15.4 Å². The van der Waals surface area contributed by atoms with Crippen LogP contribution < -0.4 is 15.4 Å². The van der Waals surface area contributed by atoms with E-state index in [0.29, 0.717) is 19.0 Å². The van der Waals surface area contributed by atoms with Crippen molar-refractivity contribution in [2.24, 2.45) is 4.99 Å². The van der Waals surface area contributed by atoms with Gasteiger partial charge in [-0.2, -0.15) is 0 Å². The molecule has 2 aromatic carbocycles. The molecule has 2 aromatic rings. The van der Waals surface area contributed by atoms with E-state index in [4.69, 9.17) is 0 Å². The number of aliphatic hydroxyl groups excluding tert-OH is 1. The summed E-state index contributed by atoms with van der Waals surface area (Å²) in [5.74, 6) is 0.576. The molecule has 154 valence electrons. The minimum atomic E-state index is -3.43. The summed E-state index contributed by atoms with van der Waals surface area (Å²) in [5, 5.41) is 16.0. The Morgan fingerprint density at radius 3 is 2.25 bits per heavy atom. The van der Waals surface area contributed by atoms with Crippen molar-refractivity contribution in [3.05, 3.63) is 65.7 Å². The largest absolute Gasteiger partial charge is 0.396 e. The standard InChI is InChI=1S/C19H26N4O3S.HI/c1-20-19(23-13-17(14-24)16-6-4-3-5-7-16)22-12-15-8-10-18(11-9-15)27(25,26)21-2;/h3-11,17,21,24H,12-14H2,1-2H3,(H2,20,22,23);1H. The Kier molecular flexibility index (Phi) is 10.4. The second-order valence-corrected chi connectivity index (χ2v) is 7.83. The van der Waals surface area contributed by atoms with E-state index in [0.717, 1.165) is 11.1 Å². The molecule has 0 aliphatic carbocycles. The van der Waals surface area contributed by atoms with E-state index >= 15 is 0 Å². The number of nitrogens with zero attached hydrogens (tertiary/aromatic N) is 1. The Morgan fingerprint density at radius 1 is 1.07 bits per heavy atom. The lowest BCUT2D eigenvalue weighted by molar-refractivity contribution is 0.265. The number of benzene rings is 2. The molecule has 1 atom stereocenters. The zero-order valence-corrected chi connectivity index (χ0v) is 19.1. The average Bonchev–Trinajstić information content (AvgIpc) is 2.71. The zero-order chi connectivity index (χ0) is 19.7. The van der Waals surface area contributed by atoms with E-state index < -0.39 is 10.0 Å². The number of sulfonamides is 1. The highest BCUT2D eigenvalue weighted by molar-refractivity contribution is 14.0. The van der Waals surface area contributed by atoms with Gasteiger partial charge in [0.2, 0.25) is 10.0 Å². The number of halogens is 1. The normalized spacial score (nSPS) is 12.8. The Hall–Kier alpha value is -1.69. The van der Waals surface area contributed by atoms with Crippen molar-refractivity contribution in [2.75, 3.05) is 27.2 Å². The molecule has 2 rings (SSSR count). The molecule has 0 aliphatic rings. The Morgan fingerprint density at radius 2 is 1.71 bits per heavy atom. The molecule has 0 saturated carbocycles. The predicted octanol–water partition coefficient (Wildman–Crippen LogP) is 1.65. The van der Waals surface area contributed by atoms with E-state index in [2.05, 4.69) is 20.3 Å². The quantitative estimate of drug-likeness (QED) is 0.242.